The molecule has 0 fully saturated rings. The van der Waals surface area contributed by atoms with Crippen molar-refractivity contribution >= 4 is 29.0 Å². The molecule has 2 aromatic carbocycles. The van der Waals surface area contributed by atoms with Crippen molar-refractivity contribution in [2.45, 2.75) is 17.5 Å². The summed E-state index contributed by atoms with van der Waals surface area (Å²) in [4.78, 5) is 9.21. The lowest BCUT2D eigenvalue weighted by Crippen LogP contribution is -2.03. The van der Waals surface area contributed by atoms with E-state index >= 15 is 0 Å². The Morgan fingerprint density at radius 3 is 2.63 bits per heavy atom. The predicted octanol–water partition coefficient (Wildman–Crippen LogP) is 5.55. The number of nitrogens with zero attached hydrogens (tertiary/aromatic N) is 3. The van der Waals surface area contributed by atoms with Gasteiger partial charge in [-0.1, -0.05) is 66.9 Å². The summed E-state index contributed by atoms with van der Waals surface area (Å²) in [7, 11) is 0. The van der Waals surface area contributed by atoms with Crippen molar-refractivity contribution in [2.24, 2.45) is 0 Å². The van der Waals surface area contributed by atoms with Gasteiger partial charge in [-0.3, -0.25) is 4.57 Å². The number of benzene rings is 2. The van der Waals surface area contributed by atoms with Crippen molar-refractivity contribution in [3.63, 3.8) is 0 Å². The fourth-order valence-corrected chi connectivity index (χ4v) is 3.88. The standard InChI is InChI=1S/C22H18FN3S/c1-2-16-9-11-17(12-10-16)14-26-21-20(8-5-13-24-21)25-22(26)27-15-18-6-3-4-7-19(18)23/h2-13H,1,14-15H2. The third-order valence-electron chi connectivity index (χ3n) is 4.34. The number of thioether (sulfide) groups is 1. The van der Waals surface area contributed by atoms with E-state index < -0.39 is 0 Å². The average molecular weight is 375 g/mol. The van der Waals surface area contributed by atoms with Crippen LogP contribution >= 0.6 is 11.8 Å². The van der Waals surface area contributed by atoms with Crippen LogP contribution in [0, 0.1) is 5.82 Å². The predicted molar refractivity (Wildman–Crippen MR) is 109 cm³/mol. The molecule has 0 saturated carbocycles. The van der Waals surface area contributed by atoms with Gasteiger partial charge in [0.1, 0.15) is 11.3 Å². The minimum atomic E-state index is -0.189. The van der Waals surface area contributed by atoms with Crippen molar-refractivity contribution < 1.29 is 4.39 Å². The molecule has 0 radical (unpaired) electrons. The molecule has 0 unspecified atom stereocenters. The summed E-state index contributed by atoms with van der Waals surface area (Å²) >= 11 is 1.52. The Morgan fingerprint density at radius 2 is 1.85 bits per heavy atom. The first kappa shape index (κ1) is 17.5. The Bertz CT molecular complexity index is 1090. The maximum absolute atomic E-state index is 14.0. The second-order valence-electron chi connectivity index (χ2n) is 6.15. The van der Waals surface area contributed by atoms with Gasteiger partial charge in [0.2, 0.25) is 0 Å². The first-order valence-corrected chi connectivity index (χ1v) is 9.62. The summed E-state index contributed by atoms with van der Waals surface area (Å²) < 4.78 is 16.0. The molecule has 5 heteroatoms. The van der Waals surface area contributed by atoms with Crippen LogP contribution in [0.5, 0.6) is 0 Å². The topological polar surface area (TPSA) is 30.7 Å². The summed E-state index contributed by atoms with van der Waals surface area (Å²) in [5.74, 6) is 0.330. The number of pyridine rings is 1. The normalized spacial score (nSPS) is 11.0. The smallest absolute Gasteiger partial charge is 0.170 e. The molecule has 3 nitrogen and oxygen atoms in total. The zero-order valence-electron chi connectivity index (χ0n) is 14.7. The van der Waals surface area contributed by atoms with E-state index in [2.05, 4.69) is 28.3 Å². The Balaban J connectivity index is 1.66. The third-order valence-corrected chi connectivity index (χ3v) is 5.36. The molecule has 0 saturated heterocycles. The van der Waals surface area contributed by atoms with Crippen LogP contribution in [-0.2, 0) is 12.3 Å². The number of rotatable bonds is 6. The fourth-order valence-electron chi connectivity index (χ4n) is 2.89. The van der Waals surface area contributed by atoms with Gasteiger partial charge in [-0.15, -0.1) is 0 Å². The van der Waals surface area contributed by atoms with E-state index in [1.54, 1.807) is 12.3 Å². The van der Waals surface area contributed by atoms with E-state index in [0.717, 1.165) is 27.4 Å². The maximum Gasteiger partial charge on any atom is 0.170 e. The van der Waals surface area contributed by atoms with Crippen LogP contribution in [0.15, 0.2) is 78.6 Å². The minimum absolute atomic E-state index is 0.189. The van der Waals surface area contributed by atoms with Gasteiger partial charge in [0.25, 0.3) is 0 Å². The molecular weight excluding hydrogens is 357 g/mol. The molecule has 0 N–H and O–H groups in total. The van der Waals surface area contributed by atoms with E-state index in [1.165, 1.54) is 17.8 Å². The number of aromatic nitrogens is 3. The van der Waals surface area contributed by atoms with Gasteiger partial charge in [0.05, 0.1) is 6.54 Å². The van der Waals surface area contributed by atoms with Crippen molar-refractivity contribution in [3.8, 4) is 0 Å². The molecule has 0 aliphatic rings. The molecule has 0 spiro atoms. The highest BCUT2D eigenvalue weighted by Gasteiger charge is 2.13. The molecule has 0 bridgehead atoms. The number of fused-ring (bicyclic) bond motifs is 1. The van der Waals surface area contributed by atoms with E-state index in [1.807, 2.05) is 42.5 Å². The fraction of sp³-hybridized carbons (Fsp3) is 0.0909. The van der Waals surface area contributed by atoms with E-state index in [-0.39, 0.29) is 5.82 Å². The zero-order chi connectivity index (χ0) is 18.6. The number of imidazole rings is 1. The second kappa shape index (κ2) is 7.76. The third kappa shape index (κ3) is 3.78. The van der Waals surface area contributed by atoms with Crippen LogP contribution in [0.3, 0.4) is 0 Å². The molecule has 2 heterocycles. The van der Waals surface area contributed by atoms with Crippen molar-refractivity contribution in [1.82, 2.24) is 14.5 Å². The Kier molecular flexibility index (Phi) is 5.03. The summed E-state index contributed by atoms with van der Waals surface area (Å²) in [5, 5.41) is 0.833. The van der Waals surface area contributed by atoms with Crippen LogP contribution < -0.4 is 0 Å². The molecule has 2 aromatic heterocycles. The SMILES string of the molecule is C=Cc1ccc(Cn2c(SCc3ccccc3F)nc3cccnc32)cc1. The lowest BCUT2D eigenvalue weighted by Gasteiger charge is -2.09. The number of hydrogen-bond acceptors (Lipinski definition) is 3. The van der Waals surface area contributed by atoms with Gasteiger partial charge in [-0.25, -0.2) is 14.4 Å². The highest BCUT2D eigenvalue weighted by molar-refractivity contribution is 7.98. The Morgan fingerprint density at radius 1 is 1.04 bits per heavy atom. The van der Waals surface area contributed by atoms with Gasteiger partial charge in [-0.05, 0) is 34.9 Å². The van der Waals surface area contributed by atoms with Crippen LogP contribution in [0.1, 0.15) is 16.7 Å². The highest BCUT2D eigenvalue weighted by Crippen LogP contribution is 2.27. The zero-order valence-corrected chi connectivity index (χ0v) is 15.5. The minimum Gasteiger partial charge on any atom is -0.299 e. The van der Waals surface area contributed by atoms with Crippen molar-refractivity contribution in [3.05, 3.63) is 95.9 Å². The van der Waals surface area contributed by atoms with Crippen LogP contribution in [0.25, 0.3) is 17.2 Å². The molecule has 4 aromatic rings. The van der Waals surface area contributed by atoms with Crippen LogP contribution in [0.4, 0.5) is 4.39 Å². The summed E-state index contributed by atoms with van der Waals surface area (Å²) in [6, 6.07) is 18.9. The number of hydrogen-bond donors (Lipinski definition) is 0. The first-order valence-electron chi connectivity index (χ1n) is 8.63. The molecule has 0 aliphatic heterocycles. The van der Waals surface area contributed by atoms with Crippen LogP contribution in [-0.4, -0.2) is 14.5 Å². The van der Waals surface area contributed by atoms with E-state index in [4.69, 9.17) is 4.98 Å². The molecular formula is C22H18FN3S. The van der Waals surface area contributed by atoms with Gasteiger partial charge < -0.3 is 0 Å². The average Bonchev–Trinajstić information content (AvgIpc) is 3.05. The second-order valence-corrected chi connectivity index (χ2v) is 7.09. The summed E-state index contributed by atoms with van der Waals surface area (Å²) in [6.45, 7) is 4.45. The molecule has 0 aliphatic carbocycles. The lowest BCUT2D eigenvalue weighted by molar-refractivity contribution is 0.617. The van der Waals surface area contributed by atoms with E-state index in [0.29, 0.717) is 17.9 Å². The number of halogens is 1. The quantitative estimate of drug-likeness (QED) is 0.414. The van der Waals surface area contributed by atoms with Crippen molar-refractivity contribution in [2.75, 3.05) is 0 Å². The van der Waals surface area contributed by atoms with Gasteiger partial charge in [-0.2, -0.15) is 0 Å². The largest absolute Gasteiger partial charge is 0.299 e. The summed E-state index contributed by atoms with van der Waals surface area (Å²) in [5.41, 5.74) is 4.58. The van der Waals surface area contributed by atoms with Crippen molar-refractivity contribution in [1.29, 1.82) is 0 Å². The maximum atomic E-state index is 14.0. The van der Waals surface area contributed by atoms with E-state index in [9.17, 15) is 4.39 Å². The Hall–Kier alpha value is -2.92. The van der Waals surface area contributed by atoms with Crippen LogP contribution in [0.2, 0.25) is 0 Å². The van der Waals surface area contributed by atoms with Gasteiger partial charge in [0.15, 0.2) is 10.8 Å². The Labute approximate surface area is 161 Å². The molecule has 134 valence electrons. The lowest BCUT2D eigenvalue weighted by atomic mass is 10.1. The highest BCUT2D eigenvalue weighted by atomic mass is 32.2. The first-order chi connectivity index (χ1) is 13.2. The molecule has 4 rings (SSSR count). The van der Waals surface area contributed by atoms with Gasteiger partial charge in [0, 0.05) is 11.9 Å². The molecule has 27 heavy (non-hydrogen) atoms. The van der Waals surface area contributed by atoms with Gasteiger partial charge >= 0.3 is 0 Å². The molecule has 0 amide bonds. The summed E-state index contributed by atoms with van der Waals surface area (Å²) in [6.07, 6.45) is 3.60. The molecule has 0 atom stereocenters. The monoisotopic (exact) mass is 375 g/mol.